The number of hydrogen-bond donors (Lipinski definition) is 1. The lowest BCUT2D eigenvalue weighted by molar-refractivity contribution is -0.0668. The van der Waals surface area contributed by atoms with Crippen LogP contribution in [0, 0.1) is 22.2 Å². The molecule has 0 radical (unpaired) electrons. The van der Waals surface area contributed by atoms with Gasteiger partial charge in [-0.3, -0.25) is 0 Å². The molecule has 1 amide bonds. The summed E-state index contributed by atoms with van der Waals surface area (Å²) < 4.78 is 18.3. The second-order valence-electron chi connectivity index (χ2n) is 15.1. The number of carbonyl (C=O) groups is 1. The van der Waals surface area contributed by atoms with Crippen LogP contribution in [0.5, 0.6) is 0 Å². The van der Waals surface area contributed by atoms with E-state index in [1.807, 2.05) is 43.9 Å². The van der Waals surface area contributed by atoms with Crippen molar-refractivity contribution in [3.8, 4) is 0 Å². The molecule has 2 aliphatic rings. The highest BCUT2D eigenvalue weighted by molar-refractivity contribution is 6.45. The van der Waals surface area contributed by atoms with E-state index >= 15 is 0 Å². The summed E-state index contributed by atoms with van der Waals surface area (Å²) in [4.78, 5) is 23.6. The quantitative estimate of drug-likeness (QED) is 0.139. The molecule has 230 valence electrons. The van der Waals surface area contributed by atoms with Crippen LogP contribution < -0.4 is 0 Å². The lowest BCUT2D eigenvalue weighted by Gasteiger charge is -2.56. The molecule has 0 spiro atoms. The smallest absolute Gasteiger partial charge is 0.444 e. The molecule has 1 saturated carbocycles. The van der Waals surface area contributed by atoms with Crippen molar-refractivity contribution in [3.05, 3.63) is 35.9 Å². The first-order chi connectivity index (χ1) is 18.8. The van der Waals surface area contributed by atoms with Crippen LogP contribution in [0.25, 0.3) is 0 Å². The highest BCUT2D eigenvalue weighted by Crippen LogP contribution is 2.56. The van der Waals surface area contributed by atoms with Crippen molar-refractivity contribution in [2.45, 2.75) is 144 Å². The molecule has 3 rings (SSSR count). The molecule has 1 atom stereocenters. The topological polar surface area (TPSA) is 88.9 Å². The highest BCUT2D eigenvalue weighted by Gasteiger charge is 2.52. The van der Waals surface area contributed by atoms with Gasteiger partial charge in [-0.1, -0.05) is 70.9 Å². The average Bonchev–Trinajstić information content (AvgIpc) is 3.00. The molecule has 41 heavy (non-hydrogen) atoms. The van der Waals surface area contributed by atoms with Gasteiger partial charge < -0.3 is 18.9 Å². The molecule has 7 nitrogen and oxygen atoms in total. The standard InChI is InChI=1S/C32H54BNO4.CHNO/c1-28(2,3)32(11,19-15-16-20-33-37-30(7,8)31(9,10)38-33)25-21-26(22-25)34(27(35)36-29(4,5)6)23-24-17-13-12-14-18-24;2-1-3/h12-14,17-18,25-26H,15-16,19-23H2,1-11H3;2H. The van der Waals surface area contributed by atoms with Gasteiger partial charge in [0, 0.05) is 12.6 Å². The number of nitrogens with one attached hydrogen (secondary N) is 1. The van der Waals surface area contributed by atoms with Gasteiger partial charge in [-0.25, -0.2) is 15.0 Å². The zero-order chi connectivity index (χ0) is 31.3. The van der Waals surface area contributed by atoms with Crippen molar-refractivity contribution < 1.29 is 23.6 Å². The van der Waals surface area contributed by atoms with E-state index < -0.39 is 5.60 Å². The normalized spacial score (nSPS) is 22.9. The van der Waals surface area contributed by atoms with Crippen molar-refractivity contribution in [1.82, 2.24) is 4.90 Å². The van der Waals surface area contributed by atoms with Crippen LogP contribution in [0.1, 0.15) is 114 Å². The number of unbranched alkanes of at least 4 members (excludes halogenated alkanes) is 1. The van der Waals surface area contributed by atoms with E-state index in [0.29, 0.717) is 12.5 Å². The molecule has 2 fully saturated rings. The molecule has 1 saturated heterocycles. The molecule has 8 heteroatoms. The van der Waals surface area contributed by atoms with E-state index in [0.717, 1.165) is 43.6 Å². The fraction of sp³-hybridized carbons (Fsp3) is 0.758. The van der Waals surface area contributed by atoms with Crippen molar-refractivity contribution in [1.29, 1.82) is 5.41 Å². The summed E-state index contributed by atoms with van der Waals surface area (Å²) in [6, 6.07) is 10.5. The molecule has 0 aromatic heterocycles. The summed E-state index contributed by atoms with van der Waals surface area (Å²) in [5.41, 5.74) is 0.459. The Morgan fingerprint density at radius 3 is 1.98 bits per heavy atom. The van der Waals surface area contributed by atoms with Crippen molar-refractivity contribution >= 4 is 19.3 Å². The second-order valence-corrected chi connectivity index (χ2v) is 15.1. The number of rotatable bonds is 9. The number of isocyanates is 1. The Bertz CT molecular complexity index is 1000. The molecular formula is C33H55BN2O5. The minimum Gasteiger partial charge on any atom is -0.444 e. The van der Waals surface area contributed by atoms with Crippen molar-refractivity contribution in [2.24, 2.45) is 16.7 Å². The van der Waals surface area contributed by atoms with Gasteiger partial charge in [-0.05, 0) is 96.4 Å². The Morgan fingerprint density at radius 2 is 1.51 bits per heavy atom. The first kappa shape index (κ1) is 35.1. The zero-order valence-electron chi connectivity index (χ0n) is 27.6. The van der Waals surface area contributed by atoms with Gasteiger partial charge in [0.15, 0.2) is 0 Å². The third kappa shape index (κ3) is 9.17. The van der Waals surface area contributed by atoms with Gasteiger partial charge in [0.05, 0.1) is 11.2 Å². The monoisotopic (exact) mass is 570 g/mol. The van der Waals surface area contributed by atoms with Gasteiger partial charge in [0.2, 0.25) is 6.08 Å². The minimum atomic E-state index is -0.508. The Hall–Kier alpha value is -2.15. The summed E-state index contributed by atoms with van der Waals surface area (Å²) in [5.74, 6) is 0.574. The Labute approximate surface area is 249 Å². The van der Waals surface area contributed by atoms with Gasteiger partial charge in [0.25, 0.3) is 0 Å². The summed E-state index contributed by atoms with van der Waals surface area (Å²) in [6.07, 6.45) is 6.94. The Balaban J connectivity index is 0.00000187. The minimum absolute atomic E-state index is 0.116. The predicted molar refractivity (Wildman–Crippen MR) is 165 cm³/mol. The van der Waals surface area contributed by atoms with E-state index in [-0.39, 0.29) is 41.3 Å². The molecule has 0 bridgehead atoms. The van der Waals surface area contributed by atoms with E-state index in [2.05, 4.69) is 67.5 Å². The lowest BCUT2D eigenvalue weighted by Crippen LogP contribution is -2.55. The maximum atomic E-state index is 13.3. The molecule has 1 N–H and O–H groups in total. The van der Waals surface area contributed by atoms with Crippen LogP contribution in [0.3, 0.4) is 0 Å². The number of ether oxygens (including phenoxy) is 1. The first-order valence-electron chi connectivity index (χ1n) is 15.2. The number of benzene rings is 1. The first-order valence-corrected chi connectivity index (χ1v) is 15.2. The number of nitrogens with zero attached hydrogens (tertiary/aromatic N) is 1. The second kappa shape index (κ2) is 13.4. The summed E-state index contributed by atoms with van der Waals surface area (Å²) in [7, 11) is -0.116. The summed E-state index contributed by atoms with van der Waals surface area (Å²) >= 11 is 0. The van der Waals surface area contributed by atoms with E-state index in [1.165, 1.54) is 6.42 Å². The summed E-state index contributed by atoms with van der Waals surface area (Å²) in [5, 5.41) is 5.40. The van der Waals surface area contributed by atoms with Crippen LogP contribution in [-0.4, -0.2) is 47.0 Å². The maximum absolute atomic E-state index is 13.3. The fourth-order valence-electron chi connectivity index (χ4n) is 5.88. The van der Waals surface area contributed by atoms with Crippen LogP contribution in [0.2, 0.25) is 6.32 Å². The van der Waals surface area contributed by atoms with Crippen LogP contribution in [0.15, 0.2) is 30.3 Å². The molecule has 1 heterocycles. The lowest BCUT2D eigenvalue weighted by atomic mass is 9.52. The maximum Gasteiger partial charge on any atom is 0.457 e. The van der Waals surface area contributed by atoms with E-state index in [4.69, 9.17) is 24.2 Å². The SMILES string of the molecule is CC(C)(C)OC(=O)N(Cc1ccccc1)C1CC(C(C)(CCCCB2OC(C)(C)C(C)(C)O2)C(C)(C)C)C1.N=C=O. The van der Waals surface area contributed by atoms with Crippen molar-refractivity contribution in [2.75, 3.05) is 0 Å². The largest absolute Gasteiger partial charge is 0.457 e. The van der Waals surface area contributed by atoms with Crippen LogP contribution >= 0.6 is 0 Å². The third-order valence-corrected chi connectivity index (χ3v) is 9.68. The summed E-state index contributed by atoms with van der Waals surface area (Å²) in [6.45, 7) is 24.5. The van der Waals surface area contributed by atoms with Gasteiger partial charge in [0.1, 0.15) is 5.60 Å². The molecule has 1 aliphatic carbocycles. The van der Waals surface area contributed by atoms with Crippen LogP contribution in [-0.2, 0) is 25.4 Å². The average molecular weight is 571 g/mol. The van der Waals surface area contributed by atoms with E-state index in [1.54, 1.807) is 0 Å². The van der Waals surface area contributed by atoms with Crippen molar-refractivity contribution in [3.63, 3.8) is 0 Å². The molecule has 1 aliphatic heterocycles. The number of hydrogen-bond acceptors (Lipinski definition) is 6. The Morgan fingerprint density at radius 1 is 1.00 bits per heavy atom. The fourth-order valence-corrected chi connectivity index (χ4v) is 5.88. The van der Waals surface area contributed by atoms with E-state index in [9.17, 15) is 4.79 Å². The molecule has 1 aromatic rings. The molecule has 1 unspecified atom stereocenters. The van der Waals surface area contributed by atoms with Gasteiger partial charge in [-0.2, -0.15) is 0 Å². The van der Waals surface area contributed by atoms with Crippen LogP contribution in [0.4, 0.5) is 4.79 Å². The molecule has 1 aromatic carbocycles. The number of carbonyl (C=O) groups excluding carboxylic acids is 2. The third-order valence-electron chi connectivity index (χ3n) is 9.68. The highest BCUT2D eigenvalue weighted by atomic mass is 16.7. The molecular weight excluding hydrogens is 515 g/mol. The zero-order valence-corrected chi connectivity index (χ0v) is 27.6. The van der Waals surface area contributed by atoms with Gasteiger partial charge >= 0.3 is 13.2 Å². The Kier molecular flexibility index (Phi) is 11.5. The van der Waals surface area contributed by atoms with Gasteiger partial charge in [-0.15, -0.1) is 0 Å². The number of amides is 1. The predicted octanol–water partition coefficient (Wildman–Crippen LogP) is 8.42.